The summed E-state index contributed by atoms with van der Waals surface area (Å²) in [5, 5.41) is 24.4. The number of H-pyrrole nitrogens is 1. The van der Waals surface area contributed by atoms with Crippen LogP contribution in [0.3, 0.4) is 0 Å². The molecule has 1 fully saturated rings. The lowest BCUT2D eigenvalue weighted by atomic mass is 10.0. The number of fused-ring (bicyclic) bond motifs is 1. The lowest BCUT2D eigenvalue weighted by Gasteiger charge is -2.39. The summed E-state index contributed by atoms with van der Waals surface area (Å²) in [5.74, 6) is 0.585. The number of methoxy groups -OCH3 is 1. The molecular weight excluding hydrogens is 488 g/mol. The van der Waals surface area contributed by atoms with Gasteiger partial charge in [0.2, 0.25) is 0 Å². The van der Waals surface area contributed by atoms with Crippen molar-refractivity contribution in [2.24, 2.45) is 0 Å². The zero-order chi connectivity index (χ0) is 26.6. The summed E-state index contributed by atoms with van der Waals surface area (Å²) < 4.78 is 6.94. The molecule has 38 heavy (non-hydrogen) atoms. The fraction of sp³-hybridized carbons (Fsp3) is 0.385. The van der Waals surface area contributed by atoms with Gasteiger partial charge in [0.15, 0.2) is 5.82 Å². The number of anilines is 1. The van der Waals surface area contributed by atoms with Crippen molar-refractivity contribution in [1.82, 2.24) is 30.1 Å². The van der Waals surface area contributed by atoms with E-state index >= 15 is 0 Å². The third-order valence-corrected chi connectivity index (χ3v) is 7.06. The maximum Gasteiger partial charge on any atom is 0.269 e. The number of nitro benzene ring substituents is 1. The van der Waals surface area contributed by atoms with Gasteiger partial charge in [0.25, 0.3) is 11.2 Å². The van der Waals surface area contributed by atoms with Gasteiger partial charge in [-0.15, -0.1) is 5.10 Å². The number of hydrogen-bond donors (Lipinski definition) is 1. The first-order valence-corrected chi connectivity index (χ1v) is 12.6. The van der Waals surface area contributed by atoms with E-state index in [1.54, 1.807) is 23.9 Å². The number of non-ortho nitro benzene ring substituents is 1. The molecule has 1 saturated heterocycles. The fourth-order valence-electron chi connectivity index (χ4n) is 4.96. The number of hydrogen-bond acceptors (Lipinski definition) is 9. The van der Waals surface area contributed by atoms with Gasteiger partial charge in [-0.05, 0) is 58.1 Å². The zero-order valence-corrected chi connectivity index (χ0v) is 21.4. The molecule has 1 atom stereocenters. The predicted octanol–water partition coefficient (Wildman–Crippen LogP) is 2.54. The first-order valence-electron chi connectivity index (χ1n) is 12.6. The summed E-state index contributed by atoms with van der Waals surface area (Å²) in [6.07, 6.45) is 0.897. The molecule has 12 nitrogen and oxygen atoms in total. The Morgan fingerprint density at radius 2 is 1.87 bits per heavy atom. The highest BCUT2D eigenvalue weighted by Crippen LogP contribution is 2.29. The number of nitro groups is 1. The Hall–Kier alpha value is -4.16. The predicted molar refractivity (Wildman–Crippen MR) is 142 cm³/mol. The number of benzene rings is 2. The van der Waals surface area contributed by atoms with E-state index in [0.717, 1.165) is 23.0 Å². The maximum atomic E-state index is 13.4. The molecule has 0 bridgehead atoms. The summed E-state index contributed by atoms with van der Waals surface area (Å²) in [6.45, 7) is 5.65. The van der Waals surface area contributed by atoms with Crippen molar-refractivity contribution in [2.75, 3.05) is 44.8 Å². The molecule has 0 amide bonds. The highest BCUT2D eigenvalue weighted by Gasteiger charge is 2.32. The monoisotopic (exact) mass is 518 g/mol. The minimum Gasteiger partial charge on any atom is -0.383 e. The van der Waals surface area contributed by atoms with Crippen molar-refractivity contribution in [3.05, 3.63) is 86.0 Å². The number of nitrogens with one attached hydrogen (secondary N) is 1. The van der Waals surface area contributed by atoms with E-state index in [9.17, 15) is 14.9 Å². The Labute approximate surface area is 219 Å². The van der Waals surface area contributed by atoms with E-state index in [1.165, 1.54) is 17.7 Å². The van der Waals surface area contributed by atoms with E-state index in [0.29, 0.717) is 50.7 Å². The first kappa shape index (κ1) is 25.5. The van der Waals surface area contributed by atoms with Gasteiger partial charge < -0.3 is 14.6 Å². The molecule has 12 heteroatoms. The Morgan fingerprint density at radius 3 is 2.55 bits per heavy atom. The van der Waals surface area contributed by atoms with Crippen LogP contribution in [0.25, 0.3) is 10.9 Å². The van der Waals surface area contributed by atoms with Gasteiger partial charge in [-0.25, -0.2) is 4.68 Å². The number of nitrogens with zero attached hydrogens (tertiary/aromatic N) is 7. The molecule has 0 saturated carbocycles. The number of aromatic amines is 1. The Bertz CT molecular complexity index is 1470. The second-order valence-corrected chi connectivity index (χ2v) is 9.28. The quantitative estimate of drug-likeness (QED) is 0.262. The van der Waals surface area contributed by atoms with Crippen molar-refractivity contribution in [1.29, 1.82) is 0 Å². The van der Waals surface area contributed by atoms with Crippen LogP contribution in [0.4, 0.5) is 11.4 Å². The molecule has 1 unspecified atom stereocenters. The number of aryl methyl sites for hydroxylation is 1. The zero-order valence-electron chi connectivity index (χ0n) is 21.4. The number of aromatic nitrogens is 5. The van der Waals surface area contributed by atoms with Crippen LogP contribution >= 0.6 is 0 Å². The fourth-order valence-corrected chi connectivity index (χ4v) is 4.96. The number of pyridine rings is 1. The Balaban J connectivity index is 1.48. The van der Waals surface area contributed by atoms with Gasteiger partial charge in [-0.2, -0.15) is 0 Å². The Morgan fingerprint density at radius 1 is 1.11 bits per heavy atom. The van der Waals surface area contributed by atoms with Crippen molar-refractivity contribution in [2.45, 2.75) is 25.9 Å². The number of piperazine rings is 1. The molecule has 5 rings (SSSR count). The average molecular weight is 519 g/mol. The van der Waals surface area contributed by atoms with E-state index in [-0.39, 0.29) is 11.2 Å². The smallest absolute Gasteiger partial charge is 0.269 e. The standard InChI is InChI=1S/C26H30N8O4/c1-3-18-4-9-23-19(16-18)17-22(26(35)27-23)24(25-28-29-30-33(25)14-15-38-2)32-12-10-31(11-13-32)20-5-7-21(8-6-20)34(36)37/h4-9,16-17,24H,3,10-15H2,1-2H3,(H,27,35). The molecule has 2 aromatic carbocycles. The van der Waals surface area contributed by atoms with Crippen LogP contribution in [0.15, 0.2) is 53.3 Å². The second kappa shape index (κ2) is 11.1. The third kappa shape index (κ3) is 5.13. The highest BCUT2D eigenvalue weighted by molar-refractivity contribution is 5.80. The van der Waals surface area contributed by atoms with Crippen LogP contribution in [0.5, 0.6) is 0 Å². The molecule has 1 aliphatic rings. The number of rotatable bonds is 9. The van der Waals surface area contributed by atoms with Crippen LogP contribution < -0.4 is 10.5 Å². The van der Waals surface area contributed by atoms with Crippen molar-refractivity contribution < 1.29 is 9.66 Å². The van der Waals surface area contributed by atoms with Crippen LogP contribution in [0, 0.1) is 10.1 Å². The molecule has 1 aliphatic heterocycles. The van der Waals surface area contributed by atoms with Gasteiger partial charge >= 0.3 is 0 Å². The first-order chi connectivity index (χ1) is 18.5. The van der Waals surface area contributed by atoms with E-state index < -0.39 is 11.0 Å². The molecule has 0 spiro atoms. The minimum atomic E-state index is -0.459. The molecular formula is C26H30N8O4. The van der Waals surface area contributed by atoms with Gasteiger partial charge in [-0.3, -0.25) is 19.8 Å². The van der Waals surface area contributed by atoms with E-state index in [2.05, 4.69) is 43.3 Å². The van der Waals surface area contributed by atoms with Crippen molar-refractivity contribution in [3.63, 3.8) is 0 Å². The number of tetrazole rings is 1. The number of ether oxygens (including phenoxy) is 1. The summed E-state index contributed by atoms with van der Waals surface area (Å²) in [5.41, 5.74) is 3.38. The summed E-state index contributed by atoms with van der Waals surface area (Å²) in [4.78, 5) is 31.5. The normalized spacial score (nSPS) is 15.2. The molecule has 3 heterocycles. The molecule has 0 radical (unpaired) electrons. The summed E-state index contributed by atoms with van der Waals surface area (Å²) in [6, 6.07) is 14.2. The maximum absolute atomic E-state index is 13.4. The lowest BCUT2D eigenvalue weighted by molar-refractivity contribution is -0.384. The van der Waals surface area contributed by atoms with E-state index in [1.807, 2.05) is 18.2 Å². The SMILES string of the molecule is CCc1ccc2[nH]c(=O)c(C(c3nnnn3CCOC)N3CCN(c4ccc([N+](=O)[O-])cc4)CC3)cc2c1. The van der Waals surface area contributed by atoms with E-state index in [4.69, 9.17) is 4.74 Å². The molecule has 0 aliphatic carbocycles. The third-order valence-electron chi connectivity index (χ3n) is 7.06. The van der Waals surface area contributed by atoms with Gasteiger partial charge in [0.05, 0.1) is 18.1 Å². The van der Waals surface area contributed by atoms with Crippen LogP contribution in [-0.4, -0.2) is 74.9 Å². The van der Waals surface area contributed by atoms with Crippen molar-refractivity contribution >= 4 is 22.3 Å². The van der Waals surface area contributed by atoms with Gasteiger partial charge in [0.1, 0.15) is 6.04 Å². The largest absolute Gasteiger partial charge is 0.383 e. The average Bonchev–Trinajstić information content (AvgIpc) is 3.40. The van der Waals surface area contributed by atoms with Gasteiger partial charge in [-0.1, -0.05) is 13.0 Å². The van der Waals surface area contributed by atoms with Crippen LogP contribution in [0.2, 0.25) is 0 Å². The minimum absolute atomic E-state index is 0.0668. The highest BCUT2D eigenvalue weighted by atomic mass is 16.6. The lowest BCUT2D eigenvalue weighted by Crippen LogP contribution is -2.49. The molecule has 2 aromatic heterocycles. The topological polar surface area (TPSA) is 135 Å². The van der Waals surface area contributed by atoms with Crippen LogP contribution in [-0.2, 0) is 17.7 Å². The second-order valence-electron chi connectivity index (χ2n) is 9.28. The van der Waals surface area contributed by atoms with Gasteiger partial charge in [0, 0.05) is 62.2 Å². The van der Waals surface area contributed by atoms with Crippen LogP contribution in [0.1, 0.15) is 29.9 Å². The Kier molecular flexibility index (Phi) is 7.43. The summed E-state index contributed by atoms with van der Waals surface area (Å²) in [7, 11) is 1.62. The summed E-state index contributed by atoms with van der Waals surface area (Å²) >= 11 is 0. The molecule has 4 aromatic rings. The molecule has 198 valence electrons. The van der Waals surface area contributed by atoms with Crippen molar-refractivity contribution in [3.8, 4) is 0 Å². The molecule has 1 N–H and O–H groups in total.